The van der Waals surface area contributed by atoms with Crippen molar-refractivity contribution in [2.45, 2.75) is 51.6 Å². The number of amides is 1. The maximum atomic E-state index is 12.1. The molecule has 1 heterocycles. The predicted molar refractivity (Wildman–Crippen MR) is 82.4 cm³/mol. The Bertz CT molecular complexity index is 449. The van der Waals surface area contributed by atoms with Crippen LogP contribution in [0.4, 0.5) is 5.95 Å². The number of nitrogens with zero attached hydrogens (tertiary/aromatic N) is 2. The Kier molecular flexibility index (Phi) is 5.34. The Morgan fingerprint density at radius 1 is 1.35 bits per heavy atom. The molecule has 0 spiro atoms. The van der Waals surface area contributed by atoms with E-state index in [9.17, 15) is 4.79 Å². The monoisotopic (exact) mass is 340 g/mol. The summed E-state index contributed by atoms with van der Waals surface area (Å²) >= 11 is 3.32. The van der Waals surface area contributed by atoms with Crippen molar-refractivity contribution in [3.63, 3.8) is 0 Å². The van der Waals surface area contributed by atoms with Crippen molar-refractivity contribution >= 4 is 27.8 Å². The Hall–Kier alpha value is -1.17. The van der Waals surface area contributed by atoms with Crippen LogP contribution < -0.4 is 10.6 Å². The highest BCUT2D eigenvalue weighted by Gasteiger charge is 2.27. The standard InChI is InChI=1S/C14H21BrN4O/c1-9(2)18-13(20)10-4-3-5-12(6-10)19-14-16-7-11(15)8-17-14/h7-10,12H,3-6H2,1-2H3,(H,18,20)(H,16,17,19)/t10-,12-/m0/s1. The molecule has 0 radical (unpaired) electrons. The van der Waals surface area contributed by atoms with Crippen LogP contribution in [-0.4, -0.2) is 28.0 Å². The number of halogens is 1. The third-order valence-corrected chi connectivity index (χ3v) is 3.84. The molecule has 110 valence electrons. The first kappa shape index (κ1) is 15.2. The quantitative estimate of drug-likeness (QED) is 0.884. The molecule has 1 fully saturated rings. The van der Waals surface area contributed by atoms with Crippen LogP contribution in [0.5, 0.6) is 0 Å². The molecule has 0 unspecified atom stereocenters. The normalized spacial score (nSPS) is 22.6. The Morgan fingerprint density at radius 2 is 2.05 bits per heavy atom. The zero-order valence-corrected chi connectivity index (χ0v) is 13.5. The van der Waals surface area contributed by atoms with Crippen LogP contribution in [0.25, 0.3) is 0 Å². The number of carbonyl (C=O) groups is 1. The van der Waals surface area contributed by atoms with E-state index in [1.807, 2.05) is 13.8 Å². The molecule has 0 aliphatic heterocycles. The van der Waals surface area contributed by atoms with Gasteiger partial charge in [-0.1, -0.05) is 6.42 Å². The largest absolute Gasteiger partial charge is 0.354 e. The average molecular weight is 341 g/mol. The summed E-state index contributed by atoms with van der Waals surface area (Å²) in [5.41, 5.74) is 0. The minimum Gasteiger partial charge on any atom is -0.354 e. The summed E-state index contributed by atoms with van der Waals surface area (Å²) in [6, 6.07) is 0.471. The van der Waals surface area contributed by atoms with E-state index in [0.29, 0.717) is 5.95 Å². The minimum absolute atomic E-state index is 0.0964. The molecule has 1 aliphatic carbocycles. The van der Waals surface area contributed by atoms with Gasteiger partial charge in [0.15, 0.2) is 0 Å². The van der Waals surface area contributed by atoms with E-state index in [1.54, 1.807) is 12.4 Å². The lowest BCUT2D eigenvalue weighted by molar-refractivity contribution is -0.126. The van der Waals surface area contributed by atoms with Gasteiger partial charge in [-0.2, -0.15) is 0 Å². The maximum Gasteiger partial charge on any atom is 0.223 e. The molecule has 1 saturated carbocycles. The van der Waals surface area contributed by atoms with E-state index < -0.39 is 0 Å². The highest BCUT2D eigenvalue weighted by Crippen LogP contribution is 2.26. The maximum absolute atomic E-state index is 12.1. The molecule has 2 rings (SSSR count). The molecule has 0 bridgehead atoms. The molecule has 5 nitrogen and oxygen atoms in total. The number of carbonyl (C=O) groups excluding carboxylic acids is 1. The number of anilines is 1. The topological polar surface area (TPSA) is 66.9 Å². The van der Waals surface area contributed by atoms with Crippen LogP contribution >= 0.6 is 15.9 Å². The molecule has 1 aliphatic rings. The number of nitrogens with one attached hydrogen (secondary N) is 2. The summed E-state index contributed by atoms with van der Waals surface area (Å²) in [6.45, 7) is 3.98. The molecule has 2 atom stereocenters. The molecular formula is C14H21BrN4O. The van der Waals surface area contributed by atoms with Gasteiger partial charge in [0, 0.05) is 30.4 Å². The Labute approximate surface area is 128 Å². The lowest BCUT2D eigenvalue weighted by Gasteiger charge is -2.29. The fourth-order valence-corrected chi connectivity index (χ4v) is 2.74. The van der Waals surface area contributed by atoms with E-state index in [1.165, 1.54) is 0 Å². The number of aromatic nitrogens is 2. The van der Waals surface area contributed by atoms with Gasteiger partial charge in [0.1, 0.15) is 0 Å². The summed E-state index contributed by atoms with van der Waals surface area (Å²) in [4.78, 5) is 20.5. The molecule has 1 aromatic heterocycles. The number of hydrogen-bond donors (Lipinski definition) is 2. The number of hydrogen-bond acceptors (Lipinski definition) is 4. The van der Waals surface area contributed by atoms with Gasteiger partial charge in [-0.05, 0) is 49.0 Å². The zero-order chi connectivity index (χ0) is 14.5. The van der Waals surface area contributed by atoms with E-state index in [2.05, 4.69) is 36.5 Å². The van der Waals surface area contributed by atoms with Gasteiger partial charge in [0.05, 0.1) is 4.47 Å². The van der Waals surface area contributed by atoms with Crippen LogP contribution in [0, 0.1) is 5.92 Å². The second kappa shape index (κ2) is 7.02. The fraction of sp³-hybridized carbons (Fsp3) is 0.643. The highest BCUT2D eigenvalue weighted by molar-refractivity contribution is 9.10. The third kappa shape index (κ3) is 4.44. The van der Waals surface area contributed by atoms with Crippen LogP contribution in [-0.2, 0) is 4.79 Å². The summed E-state index contributed by atoms with van der Waals surface area (Å²) in [5, 5.41) is 6.32. The first-order valence-electron chi connectivity index (χ1n) is 7.09. The Balaban J connectivity index is 1.90. The number of rotatable bonds is 4. The van der Waals surface area contributed by atoms with Gasteiger partial charge in [0.25, 0.3) is 0 Å². The molecular weight excluding hydrogens is 320 g/mol. The fourth-order valence-electron chi connectivity index (χ4n) is 2.53. The smallest absolute Gasteiger partial charge is 0.223 e. The lowest BCUT2D eigenvalue weighted by atomic mass is 9.85. The van der Waals surface area contributed by atoms with Gasteiger partial charge < -0.3 is 10.6 Å². The summed E-state index contributed by atoms with van der Waals surface area (Å²) in [6.07, 6.45) is 7.38. The van der Waals surface area contributed by atoms with Crippen LogP contribution in [0.3, 0.4) is 0 Å². The van der Waals surface area contributed by atoms with E-state index >= 15 is 0 Å². The first-order chi connectivity index (χ1) is 9.54. The predicted octanol–water partition coefficient (Wildman–Crippen LogP) is 2.73. The van der Waals surface area contributed by atoms with Gasteiger partial charge >= 0.3 is 0 Å². The lowest BCUT2D eigenvalue weighted by Crippen LogP contribution is -2.40. The molecule has 6 heteroatoms. The van der Waals surface area contributed by atoms with Crippen LogP contribution in [0.15, 0.2) is 16.9 Å². The zero-order valence-electron chi connectivity index (χ0n) is 11.9. The van der Waals surface area contributed by atoms with Gasteiger partial charge in [-0.15, -0.1) is 0 Å². The molecule has 1 aromatic rings. The van der Waals surface area contributed by atoms with Crippen molar-refractivity contribution in [3.8, 4) is 0 Å². The second-order valence-electron chi connectivity index (χ2n) is 5.59. The highest BCUT2D eigenvalue weighted by atomic mass is 79.9. The third-order valence-electron chi connectivity index (χ3n) is 3.43. The SMILES string of the molecule is CC(C)NC(=O)[C@H]1CCC[C@H](Nc2ncc(Br)cn2)C1. The molecule has 1 amide bonds. The van der Waals surface area contributed by atoms with E-state index in [-0.39, 0.29) is 23.9 Å². The minimum atomic E-state index is 0.0964. The van der Waals surface area contributed by atoms with Crippen LogP contribution in [0.2, 0.25) is 0 Å². The van der Waals surface area contributed by atoms with Crippen LogP contribution in [0.1, 0.15) is 39.5 Å². The van der Waals surface area contributed by atoms with Gasteiger partial charge in [-0.25, -0.2) is 9.97 Å². The van der Waals surface area contributed by atoms with Crippen molar-refractivity contribution in [2.24, 2.45) is 5.92 Å². The average Bonchev–Trinajstić information content (AvgIpc) is 2.41. The second-order valence-corrected chi connectivity index (χ2v) is 6.51. The van der Waals surface area contributed by atoms with Crippen molar-refractivity contribution in [1.82, 2.24) is 15.3 Å². The van der Waals surface area contributed by atoms with Crippen molar-refractivity contribution in [1.29, 1.82) is 0 Å². The van der Waals surface area contributed by atoms with E-state index in [4.69, 9.17) is 0 Å². The molecule has 0 aromatic carbocycles. The van der Waals surface area contributed by atoms with Gasteiger partial charge in [0.2, 0.25) is 11.9 Å². The summed E-state index contributed by atoms with van der Waals surface area (Å²) in [7, 11) is 0. The Morgan fingerprint density at radius 3 is 2.70 bits per heavy atom. The van der Waals surface area contributed by atoms with Gasteiger partial charge in [-0.3, -0.25) is 4.79 Å². The van der Waals surface area contributed by atoms with Crippen molar-refractivity contribution in [2.75, 3.05) is 5.32 Å². The van der Waals surface area contributed by atoms with Crippen molar-refractivity contribution in [3.05, 3.63) is 16.9 Å². The van der Waals surface area contributed by atoms with Crippen molar-refractivity contribution < 1.29 is 4.79 Å². The molecule has 20 heavy (non-hydrogen) atoms. The molecule has 2 N–H and O–H groups in total. The summed E-state index contributed by atoms with van der Waals surface area (Å²) < 4.78 is 0.862. The summed E-state index contributed by atoms with van der Waals surface area (Å²) in [5.74, 6) is 0.894. The molecule has 0 saturated heterocycles. The first-order valence-corrected chi connectivity index (χ1v) is 7.88. The van der Waals surface area contributed by atoms with E-state index in [0.717, 1.165) is 30.2 Å².